The van der Waals surface area contributed by atoms with Gasteiger partial charge >= 0.3 is 0 Å². The molecule has 0 unspecified atom stereocenters. The fourth-order valence-electron chi connectivity index (χ4n) is 2.71. The van der Waals surface area contributed by atoms with Crippen LogP contribution in [0.1, 0.15) is 17.2 Å². The Hall–Kier alpha value is -3.79. The van der Waals surface area contributed by atoms with Crippen LogP contribution in [0.25, 0.3) is 11.8 Å². The predicted molar refractivity (Wildman–Crippen MR) is 101 cm³/mol. The number of nitrogens with one attached hydrogen (secondary N) is 1. The molecule has 1 N–H and O–H groups in total. The van der Waals surface area contributed by atoms with Crippen molar-refractivity contribution < 1.29 is 9.21 Å². The van der Waals surface area contributed by atoms with Crippen molar-refractivity contribution in [3.8, 4) is 11.8 Å². The molecular weight excluding hydrogens is 344 g/mol. The second-order valence-electron chi connectivity index (χ2n) is 6.01. The lowest BCUT2D eigenvalue weighted by Gasteiger charge is -2.07. The van der Waals surface area contributed by atoms with Crippen LogP contribution in [0.15, 0.2) is 57.2 Å². The highest BCUT2D eigenvalue weighted by Crippen LogP contribution is 2.16. The summed E-state index contributed by atoms with van der Waals surface area (Å²) in [6, 6.07) is 14.3. The Morgan fingerprint density at radius 1 is 1.19 bits per heavy atom. The molecule has 0 aliphatic carbocycles. The van der Waals surface area contributed by atoms with Crippen LogP contribution in [0.2, 0.25) is 0 Å². The number of nitrogens with zero attached hydrogens (tertiary/aromatic N) is 3. The van der Waals surface area contributed by atoms with Crippen molar-refractivity contribution in [2.24, 2.45) is 7.05 Å². The molecule has 0 aliphatic rings. The van der Waals surface area contributed by atoms with E-state index in [2.05, 4.69) is 5.32 Å². The molecule has 27 heavy (non-hydrogen) atoms. The van der Waals surface area contributed by atoms with Gasteiger partial charge in [-0.2, -0.15) is 5.26 Å². The quantitative estimate of drug-likeness (QED) is 0.570. The van der Waals surface area contributed by atoms with Crippen LogP contribution in [-0.4, -0.2) is 15.3 Å². The minimum absolute atomic E-state index is 0.128. The number of benzene rings is 1. The van der Waals surface area contributed by atoms with Gasteiger partial charge < -0.3 is 9.73 Å². The standard InChI is InChI=1S/C20H18N4O3/c1-13-9-10-17(27-13)11-15(12-21)19(25)22-18-14(2)23(3)24(20(18)26)16-7-5-4-6-8-16/h4-11H,1-3H3,(H,22,25). The first-order valence-corrected chi connectivity index (χ1v) is 8.26. The van der Waals surface area contributed by atoms with Gasteiger partial charge in [-0.3, -0.25) is 14.3 Å². The van der Waals surface area contributed by atoms with Gasteiger partial charge in [0.15, 0.2) is 0 Å². The summed E-state index contributed by atoms with van der Waals surface area (Å²) >= 11 is 0. The van der Waals surface area contributed by atoms with Gasteiger partial charge in [-0.15, -0.1) is 0 Å². The summed E-state index contributed by atoms with van der Waals surface area (Å²) in [6.45, 7) is 3.49. The summed E-state index contributed by atoms with van der Waals surface area (Å²) in [5.41, 5.74) is 0.848. The lowest BCUT2D eigenvalue weighted by molar-refractivity contribution is -0.112. The summed E-state index contributed by atoms with van der Waals surface area (Å²) in [5, 5.41) is 11.9. The van der Waals surface area contributed by atoms with E-state index in [0.717, 1.165) is 0 Å². The van der Waals surface area contributed by atoms with Gasteiger partial charge in [-0.1, -0.05) is 18.2 Å². The van der Waals surface area contributed by atoms with E-state index in [1.807, 2.05) is 24.3 Å². The largest absolute Gasteiger partial charge is 0.462 e. The van der Waals surface area contributed by atoms with E-state index < -0.39 is 5.91 Å². The molecule has 7 heteroatoms. The van der Waals surface area contributed by atoms with Gasteiger partial charge in [0.1, 0.15) is 28.9 Å². The van der Waals surface area contributed by atoms with Crippen molar-refractivity contribution in [3.05, 3.63) is 75.6 Å². The molecule has 0 spiro atoms. The van der Waals surface area contributed by atoms with Gasteiger partial charge in [0, 0.05) is 13.1 Å². The minimum Gasteiger partial charge on any atom is -0.462 e. The lowest BCUT2D eigenvalue weighted by Crippen LogP contribution is -2.23. The number of anilines is 1. The Kier molecular flexibility index (Phi) is 4.81. The summed E-state index contributed by atoms with van der Waals surface area (Å²) in [7, 11) is 1.73. The Labute approximate surface area is 155 Å². The Morgan fingerprint density at radius 3 is 2.48 bits per heavy atom. The van der Waals surface area contributed by atoms with Gasteiger partial charge in [-0.25, -0.2) is 4.68 Å². The molecule has 0 saturated carbocycles. The number of nitriles is 1. The predicted octanol–water partition coefficient (Wildman–Crippen LogP) is 2.93. The second-order valence-corrected chi connectivity index (χ2v) is 6.01. The Morgan fingerprint density at radius 2 is 1.89 bits per heavy atom. The van der Waals surface area contributed by atoms with E-state index in [1.54, 1.807) is 49.8 Å². The third-order valence-corrected chi connectivity index (χ3v) is 4.21. The third-order valence-electron chi connectivity index (χ3n) is 4.21. The average Bonchev–Trinajstić information content (AvgIpc) is 3.16. The molecule has 0 aliphatic heterocycles. The molecule has 0 saturated heterocycles. The number of carbonyl (C=O) groups excluding carboxylic acids is 1. The molecule has 1 aromatic carbocycles. The van der Waals surface area contributed by atoms with E-state index in [4.69, 9.17) is 4.42 Å². The molecule has 2 aromatic heterocycles. The number of aromatic nitrogens is 2. The van der Waals surface area contributed by atoms with E-state index in [9.17, 15) is 14.9 Å². The number of furan rings is 1. The third kappa shape index (κ3) is 3.46. The minimum atomic E-state index is -0.669. The van der Waals surface area contributed by atoms with E-state index in [-0.39, 0.29) is 16.8 Å². The van der Waals surface area contributed by atoms with Crippen LogP contribution in [0.5, 0.6) is 0 Å². The summed E-state index contributed by atoms with van der Waals surface area (Å²) in [6.07, 6.45) is 1.34. The molecule has 136 valence electrons. The first-order valence-electron chi connectivity index (χ1n) is 8.26. The normalized spacial score (nSPS) is 11.3. The molecule has 0 atom stereocenters. The van der Waals surface area contributed by atoms with Crippen LogP contribution in [0.3, 0.4) is 0 Å². The van der Waals surface area contributed by atoms with Crippen molar-refractivity contribution >= 4 is 17.7 Å². The van der Waals surface area contributed by atoms with Crippen LogP contribution < -0.4 is 10.9 Å². The lowest BCUT2D eigenvalue weighted by atomic mass is 10.2. The first-order chi connectivity index (χ1) is 12.9. The molecule has 0 fully saturated rings. The van der Waals surface area contributed by atoms with Crippen LogP contribution in [0.4, 0.5) is 5.69 Å². The number of aryl methyl sites for hydroxylation is 1. The fourth-order valence-corrected chi connectivity index (χ4v) is 2.71. The molecule has 3 rings (SSSR count). The zero-order valence-corrected chi connectivity index (χ0v) is 15.2. The van der Waals surface area contributed by atoms with Crippen molar-refractivity contribution in [1.82, 2.24) is 9.36 Å². The van der Waals surface area contributed by atoms with Gasteiger partial charge in [0.2, 0.25) is 0 Å². The van der Waals surface area contributed by atoms with E-state index >= 15 is 0 Å². The number of carbonyl (C=O) groups is 1. The van der Waals surface area contributed by atoms with Gasteiger partial charge in [0.25, 0.3) is 11.5 Å². The zero-order valence-electron chi connectivity index (χ0n) is 15.2. The molecule has 0 radical (unpaired) electrons. The summed E-state index contributed by atoms with van der Waals surface area (Å²) in [5.74, 6) is 0.395. The molecular formula is C20H18N4O3. The maximum absolute atomic E-state index is 12.8. The van der Waals surface area contributed by atoms with Crippen LogP contribution in [-0.2, 0) is 11.8 Å². The maximum Gasteiger partial charge on any atom is 0.295 e. The van der Waals surface area contributed by atoms with Crippen molar-refractivity contribution in [2.45, 2.75) is 13.8 Å². The van der Waals surface area contributed by atoms with Crippen molar-refractivity contribution in [3.63, 3.8) is 0 Å². The average molecular weight is 362 g/mol. The molecule has 1 amide bonds. The van der Waals surface area contributed by atoms with E-state index in [1.165, 1.54) is 10.8 Å². The summed E-state index contributed by atoms with van der Waals surface area (Å²) in [4.78, 5) is 25.3. The number of amides is 1. The van der Waals surface area contributed by atoms with Crippen molar-refractivity contribution in [2.75, 3.05) is 5.32 Å². The second kappa shape index (κ2) is 7.22. The highest BCUT2D eigenvalue weighted by atomic mass is 16.3. The fraction of sp³-hybridized carbons (Fsp3) is 0.150. The number of rotatable bonds is 4. The molecule has 0 bridgehead atoms. The zero-order chi connectivity index (χ0) is 19.6. The monoisotopic (exact) mass is 362 g/mol. The van der Waals surface area contributed by atoms with E-state index in [0.29, 0.717) is 22.9 Å². The number of hydrogen-bond acceptors (Lipinski definition) is 4. The smallest absolute Gasteiger partial charge is 0.295 e. The number of hydrogen-bond donors (Lipinski definition) is 1. The first kappa shape index (κ1) is 18.0. The van der Waals surface area contributed by atoms with Gasteiger partial charge in [-0.05, 0) is 38.1 Å². The SMILES string of the molecule is Cc1ccc(C=C(C#N)C(=O)Nc2c(C)n(C)n(-c3ccccc3)c2=O)o1. The highest BCUT2D eigenvalue weighted by molar-refractivity contribution is 6.09. The number of para-hydroxylation sites is 1. The highest BCUT2D eigenvalue weighted by Gasteiger charge is 2.20. The maximum atomic E-state index is 12.8. The summed E-state index contributed by atoms with van der Waals surface area (Å²) < 4.78 is 8.47. The van der Waals surface area contributed by atoms with Gasteiger partial charge in [0.05, 0.1) is 11.4 Å². The molecule has 3 aromatic rings. The van der Waals surface area contributed by atoms with Crippen LogP contribution in [0, 0.1) is 25.2 Å². The van der Waals surface area contributed by atoms with Crippen LogP contribution >= 0.6 is 0 Å². The Bertz CT molecular complexity index is 1120. The Balaban J connectivity index is 1.96. The van der Waals surface area contributed by atoms with Crippen molar-refractivity contribution in [1.29, 1.82) is 5.26 Å². The topological polar surface area (TPSA) is 93.0 Å². The molecule has 7 nitrogen and oxygen atoms in total. The molecule has 2 heterocycles.